The van der Waals surface area contributed by atoms with Crippen molar-refractivity contribution >= 4 is 57.9 Å². The normalized spacial score (nSPS) is 16.7. The molecule has 116 valence electrons. The zero-order valence-electron chi connectivity index (χ0n) is 12.0. The van der Waals surface area contributed by atoms with Gasteiger partial charge < -0.3 is 4.74 Å². The van der Waals surface area contributed by atoms with Crippen LogP contribution in [-0.4, -0.2) is 33.7 Å². The fourth-order valence-electron chi connectivity index (χ4n) is 1.81. The molecule has 0 atom stereocenters. The largest absolute Gasteiger partial charge is 0.462 e. The van der Waals surface area contributed by atoms with Gasteiger partial charge >= 0.3 is 5.97 Å². The number of esters is 1. The summed E-state index contributed by atoms with van der Waals surface area (Å²) in [6, 6.07) is 7.15. The molecule has 0 N–H and O–H groups in total. The van der Waals surface area contributed by atoms with Gasteiger partial charge in [-0.25, -0.2) is 0 Å². The lowest BCUT2D eigenvalue weighted by Crippen LogP contribution is -2.35. The molecule has 2 rings (SSSR count). The Bertz CT molecular complexity index is 658. The Hall–Kier alpha value is -1.37. The number of amides is 1. The molecule has 7 heteroatoms. The van der Waals surface area contributed by atoms with E-state index in [1.807, 2.05) is 6.07 Å². The van der Waals surface area contributed by atoms with E-state index in [4.69, 9.17) is 28.6 Å². The third-order valence-electron chi connectivity index (χ3n) is 2.67. The van der Waals surface area contributed by atoms with Crippen molar-refractivity contribution in [2.45, 2.75) is 20.0 Å². The minimum atomic E-state index is -0.477. The Kier molecular flexibility index (Phi) is 5.61. The summed E-state index contributed by atoms with van der Waals surface area (Å²) in [5.41, 5.74) is 0.803. The van der Waals surface area contributed by atoms with Gasteiger partial charge in [-0.3, -0.25) is 14.5 Å². The van der Waals surface area contributed by atoms with Gasteiger partial charge in [0.1, 0.15) is 10.9 Å². The predicted octanol–water partition coefficient (Wildman–Crippen LogP) is 3.49. The summed E-state index contributed by atoms with van der Waals surface area (Å²) in [4.78, 5) is 25.7. The molecule has 1 saturated heterocycles. The number of thioether (sulfide) groups is 1. The number of halogens is 1. The van der Waals surface area contributed by atoms with Crippen molar-refractivity contribution in [2.24, 2.45) is 0 Å². The molecule has 4 nitrogen and oxygen atoms in total. The molecule has 1 aliphatic heterocycles. The molecule has 1 aliphatic rings. The van der Waals surface area contributed by atoms with Crippen LogP contribution >= 0.6 is 35.6 Å². The molecular formula is C15H14ClNO3S2. The molecule has 0 bridgehead atoms. The summed E-state index contributed by atoms with van der Waals surface area (Å²) in [5.74, 6) is -0.772. The van der Waals surface area contributed by atoms with Gasteiger partial charge in [-0.1, -0.05) is 47.7 Å². The highest BCUT2D eigenvalue weighted by Gasteiger charge is 2.33. The lowest BCUT2D eigenvalue weighted by molar-refractivity contribution is -0.149. The number of thiocarbonyl (C=S) groups is 1. The van der Waals surface area contributed by atoms with E-state index in [9.17, 15) is 9.59 Å². The number of hydrogen-bond acceptors (Lipinski definition) is 5. The van der Waals surface area contributed by atoms with E-state index in [-0.39, 0.29) is 18.6 Å². The van der Waals surface area contributed by atoms with Gasteiger partial charge in [-0.05, 0) is 37.6 Å². The fraction of sp³-hybridized carbons (Fsp3) is 0.267. The van der Waals surface area contributed by atoms with Crippen molar-refractivity contribution < 1.29 is 14.3 Å². The number of ether oxygens (including phenoxy) is 1. The van der Waals surface area contributed by atoms with Crippen LogP contribution in [0.2, 0.25) is 5.02 Å². The molecule has 1 heterocycles. The first-order valence-corrected chi connectivity index (χ1v) is 8.17. The van der Waals surface area contributed by atoms with Crippen LogP contribution in [-0.2, 0) is 14.3 Å². The summed E-state index contributed by atoms with van der Waals surface area (Å²) < 4.78 is 5.39. The Balaban J connectivity index is 2.13. The van der Waals surface area contributed by atoms with Gasteiger partial charge in [-0.15, -0.1) is 0 Å². The maximum absolute atomic E-state index is 12.3. The zero-order valence-corrected chi connectivity index (χ0v) is 14.4. The van der Waals surface area contributed by atoms with Crippen LogP contribution in [0.5, 0.6) is 0 Å². The van der Waals surface area contributed by atoms with Gasteiger partial charge in [0, 0.05) is 5.02 Å². The molecule has 0 spiro atoms. The molecular weight excluding hydrogens is 342 g/mol. The number of carbonyl (C=O) groups excluding carboxylic acids is 2. The topological polar surface area (TPSA) is 46.6 Å². The number of rotatable bonds is 4. The number of hydrogen-bond donors (Lipinski definition) is 0. The molecule has 22 heavy (non-hydrogen) atoms. The van der Waals surface area contributed by atoms with Crippen molar-refractivity contribution in [1.82, 2.24) is 4.90 Å². The van der Waals surface area contributed by atoms with E-state index in [1.165, 1.54) is 4.90 Å². The van der Waals surface area contributed by atoms with Crippen molar-refractivity contribution in [1.29, 1.82) is 0 Å². The molecule has 0 unspecified atom stereocenters. The Morgan fingerprint density at radius 3 is 2.86 bits per heavy atom. The smallest absolute Gasteiger partial charge is 0.326 e. The maximum Gasteiger partial charge on any atom is 0.326 e. The highest BCUT2D eigenvalue weighted by Crippen LogP contribution is 2.32. The molecule has 1 aromatic rings. The average Bonchev–Trinajstić information content (AvgIpc) is 2.66. The SMILES string of the molecule is CC(C)OC(=O)CN1C(=O)/C(=C/c2cccc(Cl)c2)SC1=S. The molecule has 1 aromatic carbocycles. The van der Waals surface area contributed by atoms with Crippen LogP contribution in [0.1, 0.15) is 19.4 Å². The Morgan fingerprint density at radius 2 is 2.23 bits per heavy atom. The highest BCUT2D eigenvalue weighted by molar-refractivity contribution is 8.26. The van der Waals surface area contributed by atoms with Gasteiger partial charge in [0.2, 0.25) is 0 Å². The summed E-state index contributed by atoms with van der Waals surface area (Å²) >= 11 is 12.2. The second-order valence-electron chi connectivity index (χ2n) is 4.86. The summed E-state index contributed by atoms with van der Waals surface area (Å²) in [5, 5.41) is 0.588. The van der Waals surface area contributed by atoms with Gasteiger partial charge in [-0.2, -0.15) is 0 Å². The second-order valence-corrected chi connectivity index (χ2v) is 6.97. The maximum atomic E-state index is 12.3. The van der Waals surface area contributed by atoms with Crippen LogP contribution in [0.3, 0.4) is 0 Å². The first-order chi connectivity index (χ1) is 10.4. The molecule has 0 radical (unpaired) electrons. The van der Waals surface area contributed by atoms with Crippen LogP contribution in [0.4, 0.5) is 0 Å². The Morgan fingerprint density at radius 1 is 1.50 bits per heavy atom. The van der Waals surface area contributed by atoms with Crippen LogP contribution in [0, 0.1) is 0 Å². The van der Waals surface area contributed by atoms with E-state index >= 15 is 0 Å². The molecule has 1 fully saturated rings. The van der Waals surface area contributed by atoms with E-state index in [1.54, 1.807) is 38.1 Å². The fourth-order valence-corrected chi connectivity index (χ4v) is 3.27. The Labute approximate surface area is 143 Å². The average molecular weight is 356 g/mol. The van der Waals surface area contributed by atoms with E-state index < -0.39 is 5.97 Å². The highest BCUT2D eigenvalue weighted by atomic mass is 35.5. The third kappa shape index (κ3) is 4.32. The van der Waals surface area contributed by atoms with Gasteiger partial charge in [0.05, 0.1) is 11.0 Å². The van der Waals surface area contributed by atoms with Crippen LogP contribution in [0.25, 0.3) is 6.08 Å². The van der Waals surface area contributed by atoms with Crippen LogP contribution in [0.15, 0.2) is 29.2 Å². The van der Waals surface area contributed by atoms with E-state index in [2.05, 4.69) is 0 Å². The molecule has 0 aliphatic carbocycles. The first kappa shape index (κ1) is 17.0. The quantitative estimate of drug-likeness (QED) is 0.470. The van der Waals surface area contributed by atoms with Crippen molar-refractivity contribution in [2.75, 3.05) is 6.54 Å². The minimum absolute atomic E-state index is 0.171. The molecule has 0 saturated carbocycles. The van der Waals surface area contributed by atoms with Gasteiger partial charge in [0.25, 0.3) is 5.91 Å². The monoisotopic (exact) mass is 355 g/mol. The first-order valence-electron chi connectivity index (χ1n) is 6.57. The lowest BCUT2D eigenvalue weighted by atomic mass is 10.2. The number of carbonyl (C=O) groups is 2. The standard InChI is InChI=1S/C15H14ClNO3S2/c1-9(2)20-13(18)8-17-14(19)12(22-15(17)21)7-10-4-3-5-11(16)6-10/h3-7,9H,8H2,1-2H3/b12-7-. The summed E-state index contributed by atoms with van der Waals surface area (Å²) in [6.07, 6.45) is 1.48. The summed E-state index contributed by atoms with van der Waals surface area (Å²) in [6.45, 7) is 3.33. The molecule has 0 aromatic heterocycles. The van der Waals surface area contributed by atoms with Crippen LogP contribution < -0.4 is 0 Å². The lowest BCUT2D eigenvalue weighted by Gasteiger charge is -2.14. The van der Waals surface area contributed by atoms with E-state index in [0.29, 0.717) is 14.2 Å². The third-order valence-corrected chi connectivity index (χ3v) is 4.29. The zero-order chi connectivity index (χ0) is 16.3. The van der Waals surface area contributed by atoms with Gasteiger partial charge in [0.15, 0.2) is 0 Å². The minimum Gasteiger partial charge on any atom is -0.462 e. The van der Waals surface area contributed by atoms with Crippen molar-refractivity contribution in [3.05, 3.63) is 39.8 Å². The summed E-state index contributed by atoms with van der Waals surface area (Å²) in [7, 11) is 0. The molecule has 1 amide bonds. The number of benzene rings is 1. The predicted molar refractivity (Wildman–Crippen MR) is 92.6 cm³/mol. The second kappa shape index (κ2) is 7.26. The number of nitrogens with zero attached hydrogens (tertiary/aromatic N) is 1. The van der Waals surface area contributed by atoms with Crippen molar-refractivity contribution in [3.8, 4) is 0 Å². The van der Waals surface area contributed by atoms with Crippen molar-refractivity contribution in [3.63, 3.8) is 0 Å². The van der Waals surface area contributed by atoms with E-state index in [0.717, 1.165) is 17.3 Å².